The Morgan fingerprint density at radius 2 is 1.88 bits per heavy atom. The van der Waals surface area contributed by atoms with Crippen LogP contribution in [-0.2, 0) is 0 Å². The van der Waals surface area contributed by atoms with Gasteiger partial charge in [0.25, 0.3) is 0 Å². The van der Waals surface area contributed by atoms with E-state index in [1.165, 1.54) is 12.8 Å². The fraction of sp³-hybridized carbons (Fsp3) is 1.00. The van der Waals surface area contributed by atoms with Gasteiger partial charge in [-0.1, -0.05) is 0 Å². The average Bonchev–Trinajstić information content (AvgIpc) is 1.86. The molecule has 1 nitrogen and oxygen atoms in total. The maximum Gasteiger partial charge on any atom is 0.0686 e. The zero-order valence-electron chi connectivity index (χ0n) is 4.85. The highest BCUT2D eigenvalue weighted by atomic mass is 16.3. The molecule has 0 aromatic rings. The monoisotopic (exact) mass is 110 g/mol. The van der Waals surface area contributed by atoms with E-state index in [-0.39, 0.29) is 5.60 Å². The van der Waals surface area contributed by atoms with E-state index in [1.807, 2.05) is 0 Å². The molecule has 6 fully saturated rings. The lowest BCUT2D eigenvalue weighted by molar-refractivity contribution is -0.0271. The van der Waals surface area contributed by atoms with Crippen LogP contribution < -0.4 is 0 Å². The van der Waals surface area contributed by atoms with E-state index < -0.39 is 0 Å². The molecule has 0 atom stereocenters. The second-order valence-electron chi connectivity index (χ2n) is 4.06. The summed E-state index contributed by atoms with van der Waals surface area (Å²) >= 11 is 0. The average molecular weight is 110 g/mol. The third-order valence-corrected chi connectivity index (χ3v) is 3.48. The number of hydrogen-bond acceptors (Lipinski definition) is 1. The summed E-state index contributed by atoms with van der Waals surface area (Å²) in [7, 11) is 0. The quantitative estimate of drug-likeness (QED) is 0.491. The molecule has 0 radical (unpaired) electrons. The lowest BCUT2D eigenvalue weighted by Gasteiger charge is -2.38. The summed E-state index contributed by atoms with van der Waals surface area (Å²) in [6.07, 6.45) is 4.99. The van der Waals surface area contributed by atoms with Crippen LogP contribution in [0.5, 0.6) is 0 Å². The molecule has 0 aromatic carbocycles. The van der Waals surface area contributed by atoms with Crippen LogP contribution in [0, 0.1) is 11.3 Å². The second-order valence-corrected chi connectivity index (χ2v) is 4.06. The summed E-state index contributed by atoms with van der Waals surface area (Å²) in [6.45, 7) is 0. The molecule has 8 heavy (non-hydrogen) atoms. The van der Waals surface area contributed by atoms with Crippen molar-refractivity contribution in [3.63, 3.8) is 0 Å². The third kappa shape index (κ3) is 0.188. The van der Waals surface area contributed by atoms with Gasteiger partial charge < -0.3 is 5.11 Å². The molecule has 44 valence electrons. The minimum atomic E-state index is -0.139. The van der Waals surface area contributed by atoms with Crippen molar-refractivity contribution in [1.29, 1.82) is 0 Å². The first-order valence-electron chi connectivity index (χ1n) is 3.45. The SMILES string of the molecule is OC12CC3(CC1C3)C2. The molecule has 0 aliphatic heterocycles. The lowest BCUT2D eigenvalue weighted by atomic mass is 9.68. The predicted molar refractivity (Wildman–Crippen MR) is 29.3 cm³/mol. The Balaban J connectivity index is 2.16. The highest BCUT2D eigenvalue weighted by Gasteiger charge is 2.74. The van der Waals surface area contributed by atoms with E-state index in [0.717, 1.165) is 18.8 Å². The van der Waals surface area contributed by atoms with Gasteiger partial charge >= 0.3 is 0 Å². The minimum absolute atomic E-state index is 0.139. The lowest BCUT2D eigenvalue weighted by Crippen LogP contribution is -2.36. The molecule has 6 rings (SSSR count). The van der Waals surface area contributed by atoms with Crippen molar-refractivity contribution in [2.75, 3.05) is 0 Å². The summed E-state index contributed by atoms with van der Waals surface area (Å²) in [6, 6.07) is 0. The van der Waals surface area contributed by atoms with E-state index in [1.54, 1.807) is 0 Å². The number of aliphatic hydroxyl groups is 1. The molecular formula is C7H10O. The van der Waals surface area contributed by atoms with Crippen LogP contribution in [0.15, 0.2) is 0 Å². The first-order valence-corrected chi connectivity index (χ1v) is 3.45. The molecular weight excluding hydrogens is 100 g/mol. The second kappa shape index (κ2) is 0.688. The zero-order chi connectivity index (χ0) is 5.41. The topological polar surface area (TPSA) is 20.2 Å². The van der Waals surface area contributed by atoms with E-state index in [4.69, 9.17) is 0 Å². The highest BCUT2D eigenvalue weighted by molar-refractivity contribution is 5.25. The Morgan fingerprint density at radius 1 is 1.25 bits per heavy atom. The van der Waals surface area contributed by atoms with Gasteiger partial charge in [0.2, 0.25) is 0 Å². The fourth-order valence-corrected chi connectivity index (χ4v) is 3.19. The van der Waals surface area contributed by atoms with Crippen LogP contribution in [0.3, 0.4) is 0 Å². The van der Waals surface area contributed by atoms with Crippen LogP contribution in [0.25, 0.3) is 0 Å². The maximum atomic E-state index is 9.57. The molecule has 6 saturated carbocycles. The standard InChI is InChI=1S/C7H10O/c8-7-3-6(4-7)1-5(7)2-6/h5,8H,1-4H2. The van der Waals surface area contributed by atoms with Crippen molar-refractivity contribution in [2.45, 2.75) is 31.3 Å². The molecule has 1 spiro atoms. The van der Waals surface area contributed by atoms with Crippen molar-refractivity contribution < 1.29 is 5.11 Å². The van der Waals surface area contributed by atoms with Crippen molar-refractivity contribution in [3.05, 3.63) is 0 Å². The van der Waals surface area contributed by atoms with Crippen LogP contribution in [0.2, 0.25) is 0 Å². The number of hydrogen-bond donors (Lipinski definition) is 1. The van der Waals surface area contributed by atoms with E-state index in [2.05, 4.69) is 0 Å². The Morgan fingerprint density at radius 3 is 2.00 bits per heavy atom. The molecule has 3 bridgehead atoms. The van der Waals surface area contributed by atoms with Gasteiger partial charge in [-0.15, -0.1) is 0 Å². The van der Waals surface area contributed by atoms with Gasteiger partial charge in [-0.25, -0.2) is 0 Å². The molecule has 1 N–H and O–H groups in total. The fourth-order valence-electron chi connectivity index (χ4n) is 3.19. The highest BCUT2D eigenvalue weighted by Crippen LogP contribution is 2.77. The Kier molecular flexibility index (Phi) is 0.334. The minimum Gasteiger partial charge on any atom is -0.390 e. The Hall–Kier alpha value is -0.0400. The molecule has 1 heteroatoms. The third-order valence-electron chi connectivity index (χ3n) is 3.48. The van der Waals surface area contributed by atoms with Crippen molar-refractivity contribution in [2.24, 2.45) is 11.3 Å². The molecule has 0 unspecified atom stereocenters. The normalized spacial score (nSPS) is 73.9. The largest absolute Gasteiger partial charge is 0.390 e. The predicted octanol–water partition coefficient (Wildman–Crippen LogP) is 0.921. The summed E-state index contributed by atoms with van der Waals surface area (Å²) < 4.78 is 0. The van der Waals surface area contributed by atoms with Gasteiger partial charge in [0.15, 0.2) is 0 Å². The molecule has 6 aliphatic rings. The summed E-state index contributed by atoms with van der Waals surface area (Å²) in [5.41, 5.74) is 0.555. The van der Waals surface area contributed by atoms with E-state index in [0.29, 0.717) is 5.41 Å². The van der Waals surface area contributed by atoms with Crippen LogP contribution in [-0.4, -0.2) is 10.7 Å². The van der Waals surface area contributed by atoms with Crippen LogP contribution >= 0.6 is 0 Å². The maximum absolute atomic E-state index is 9.57. The molecule has 0 heterocycles. The smallest absolute Gasteiger partial charge is 0.0686 e. The van der Waals surface area contributed by atoms with Crippen molar-refractivity contribution in [1.82, 2.24) is 0 Å². The number of rotatable bonds is 0. The summed E-state index contributed by atoms with van der Waals surface area (Å²) in [5, 5.41) is 9.57. The van der Waals surface area contributed by atoms with Gasteiger partial charge in [0.05, 0.1) is 5.60 Å². The van der Waals surface area contributed by atoms with Gasteiger partial charge in [0, 0.05) is 0 Å². The van der Waals surface area contributed by atoms with Crippen molar-refractivity contribution in [3.8, 4) is 0 Å². The van der Waals surface area contributed by atoms with Gasteiger partial charge in [-0.3, -0.25) is 0 Å². The molecule has 0 amide bonds. The Labute approximate surface area is 48.7 Å². The Bertz CT molecular complexity index is 148. The molecule has 0 aromatic heterocycles. The van der Waals surface area contributed by atoms with Gasteiger partial charge in [0.1, 0.15) is 0 Å². The molecule has 0 saturated heterocycles. The van der Waals surface area contributed by atoms with Gasteiger partial charge in [-0.05, 0) is 37.0 Å². The first-order chi connectivity index (χ1) is 3.73. The van der Waals surface area contributed by atoms with Crippen molar-refractivity contribution >= 4 is 0 Å². The van der Waals surface area contributed by atoms with E-state index >= 15 is 0 Å². The summed E-state index contributed by atoms with van der Waals surface area (Å²) in [5.74, 6) is 0.725. The molecule has 6 aliphatic carbocycles. The van der Waals surface area contributed by atoms with Gasteiger partial charge in [-0.2, -0.15) is 0 Å². The van der Waals surface area contributed by atoms with Crippen LogP contribution in [0.1, 0.15) is 25.7 Å². The van der Waals surface area contributed by atoms with E-state index in [9.17, 15) is 5.11 Å². The zero-order valence-corrected chi connectivity index (χ0v) is 4.85. The van der Waals surface area contributed by atoms with Crippen LogP contribution in [0.4, 0.5) is 0 Å². The first kappa shape index (κ1) is 3.89. The summed E-state index contributed by atoms with van der Waals surface area (Å²) in [4.78, 5) is 0.